The lowest BCUT2D eigenvalue weighted by molar-refractivity contribution is 0.590. The molecule has 0 amide bonds. The first-order valence-electron chi connectivity index (χ1n) is 12.2. The summed E-state index contributed by atoms with van der Waals surface area (Å²) >= 11 is 0. The van der Waals surface area contributed by atoms with Crippen LogP contribution >= 0.6 is 0 Å². The Morgan fingerprint density at radius 2 is 1.33 bits per heavy atom. The highest BCUT2D eigenvalue weighted by molar-refractivity contribution is 6.23. The van der Waals surface area contributed by atoms with E-state index in [-0.39, 0.29) is 5.41 Å². The number of aromatic nitrogens is 5. The summed E-state index contributed by atoms with van der Waals surface area (Å²) in [6, 6.07) is 27.4. The zero-order valence-electron chi connectivity index (χ0n) is 20.5. The van der Waals surface area contributed by atoms with Crippen LogP contribution in [0.1, 0.15) is 26.3 Å². The first-order valence-corrected chi connectivity index (χ1v) is 12.2. The van der Waals surface area contributed by atoms with Gasteiger partial charge < -0.3 is 4.57 Å². The van der Waals surface area contributed by atoms with Crippen molar-refractivity contribution in [3.63, 3.8) is 0 Å². The first kappa shape index (κ1) is 20.8. The van der Waals surface area contributed by atoms with Gasteiger partial charge in [0.25, 0.3) is 0 Å². The topological polar surface area (TPSA) is 48.5 Å². The van der Waals surface area contributed by atoms with Crippen LogP contribution in [-0.4, -0.2) is 24.1 Å². The van der Waals surface area contributed by atoms with Crippen LogP contribution in [0.2, 0.25) is 0 Å². The van der Waals surface area contributed by atoms with E-state index in [1.165, 1.54) is 5.56 Å². The Kier molecular flexibility index (Phi) is 4.33. The van der Waals surface area contributed by atoms with Crippen LogP contribution in [0.15, 0.2) is 97.5 Å². The summed E-state index contributed by atoms with van der Waals surface area (Å²) in [5.41, 5.74) is 9.44. The molecule has 2 aromatic carbocycles. The van der Waals surface area contributed by atoms with Crippen molar-refractivity contribution in [2.45, 2.75) is 26.2 Å². The van der Waals surface area contributed by atoms with E-state index in [0.717, 1.165) is 55.4 Å². The van der Waals surface area contributed by atoms with E-state index >= 15 is 0 Å². The third-order valence-electron chi connectivity index (χ3n) is 7.00. The zero-order valence-corrected chi connectivity index (χ0v) is 20.5. The van der Waals surface area contributed by atoms with Gasteiger partial charge >= 0.3 is 0 Å². The average Bonchev–Trinajstić information content (AvgIpc) is 3.42. The van der Waals surface area contributed by atoms with E-state index in [1.54, 1.807) is 0 Å². The van der Waals surface area contributed by atoms with E-state index < -0.39 is 0 Å². The Labute approximate surface area is 208 Å². The minimum atomic E-state index is 0.0365. The third kappa shape index (κ3) is 2.92. The summed E-state index contributed by atoms with van der Waals surface area (Å²) in [5, 5.41) is 2.06. The van der Waals surface area contributed by atoms with Gasteiger partial charge in [-0.25, -0.2) is 4.98 Å². The fraction of sp³-hybridized carbons (Fsp3) is 0.129. The predicted molar refractivity (Wildman–Crippen MR) is 147 cm³/mol. The van der Waals surface area contributed by atoms with Crippen molar-refractivity contribution in [2.24, 2.45) is 0 Å². The molecule has 5 aromatic heterocycles. The van der Waals surface area contributed by atoms with Crippen molar-refractivity contribution in [2.75, 3.05) is 0 Å². The number of benzene rings is 2. The van der Waals surface area contributed by atoms with Crippen molar-refractivity contribution >= 4 is 44.0 Å². The lowest BCUT2D eigenvalue weighted by Crippen LogP contribution is -2.11. The molecule has 0 aliphatic carbocycles. The quantitative estimate of drug-likeness (QED) is 0.267. The molecule has 0 spiro atoms. The SMILES string of the molecule is CC(C)(C)c1cccc(-n2c3cccnc3c3cnc4c(c5ncccc5n4-c4ccccc4)c32)c1. The fourth-order valence-electron chi connectivity index (χ4n) is 5.29. The highest BCUT2D eigenvalue weighted by atomic mass is 15.1. The third-order valence-corrected chi connectivity index (χ3v) is 7.00. The Hall–Kier alpha value is -4.51. The molecule has 0 aliphatic rings. The van der Waals surface area contributed by atoms with Crippen LogP contribution in [0, 0.1) is 0 Å². The van der Waals surface area contributed by atoms with Crippen LogP contribution in [-0.2, 0) is 5.41 Å². The number of pyridine rings is 3. The van der Waals surface area contributed by atoms with Crippen molar-refractivity contribution in [1.82, 2.24) is 24.1 Å². The molecule has 7 aromatic rings. The normalized spacial score (nSPS) is 12.3. The van der Waals surface area contributed by atoms with Crippen LogP contribution in [0.4, 0.5) is 0 Å². The zero-order chi connectivity index (χ0) is 24.4. The molecule has 36 heavy (non-hydrogen) atoms. The van der Waals surface area contributed by atoms with Gasteiger partial charge in [0, 0.05) is 35.4 Å². The molecular weight excluding hydrogens is 442 g/mol. The fourth-order valence-corrected chi connectivity index (χ4v) is 5.29. The molecular formula is C31H25N5. The molecule has 5 heteroatoms. The minimum absolute atomic E-state index is 0.0365. The molecule has 0 bridgehead atoms. The van der Waals surface area contributed by atoms with Gasteiger partial charge in [-0.05, 0) is 59.5 Å². The molecule has 0 saturated carbocycles. The summed E-state index contributed by atoms with van der Waals surface area (Å²) < 4.78 is 4.54. The van der Waals surface area contributed by atoms with E-state index in [9.17, 15) is 0 Å². The molecule has 5 nitrogen and oxygen atoms in total. The van der Waals surface area contributed by atoms with E-state index in [0.29, 0.717) is 0 Å². The Bertz CT molecular complexity index is 1920. The molecule has 0 saturated heterocycles. The summed E-state index contributed by atoms with van der Waals surface area (Å²) in [5.74, 6) is 0. The van der Waals surface area contributed by atoms with Gasteiger partial charge in [-0.3, -0.25) is 14.5 Å². The number of rotatable bonds is 2. The second-order valence-electron chi connectivity index (χ2n) is 10.3. The van der Waals surface area contributed by atoms with Gasteiger partial charge in [-0.1, -0.05) is 51.1 Å². The standard InChI is InChI=1S/C31H25N5/c1-31(2,3)20-10-7-13-22(18-20)35-24-14-8-16-32-27(24)23-19-34-30-26(29(23)35)28-25(15-9-17-33-28)36(30)21-11-5-4-6-12-21/h4-19H,1-3H3. The van der Waals surface area contributed by atoms with E-state index in [2.05, 4.69) is 90.6 Å². The summed E-state index contributed by atoms with van der Waals surface area (Å²) in [6.07, 6.45) is 5.68. The Balaban J connectivity index is 1.71. The van der Waals surface area contributed by atoms with Gasteiger partial charge in [0.05, 0.1) is 27.5 Å². The molecule has 0 fully saturated rings. The van der Waals surface area contributed by atoms with Gasteiger partial charge in [0.1, 0.15) is 11.2 Å². The molecule has 7 rings (SSSR count). The molecule has 0 unspecified atom stereocenters. The molecule has 5 heterocycles. The first-order chi connectivity index (χ1) is 17.5. The maximum Gasteiger partial charge on any atom is 0.149 e. The second-order valence-corrected chi connectivity index (χ2v) is 10.3. The highest BCUT2D eigenvalue weighted by Crippen LogP contribution is 2.40. The van der Waals surface area contributed by atoms with E-state index in [4.69, 9.17) is 15.0 Å². The van der Waals surface area contributed by atoms with Crippen molar-refractivity contribution < 1.29 is 0 Å². The van der Waals surface area contributed by atoms with Crippen molar-refractivity contribution in [3.05, 3.63) is 103 Å². The Morgan fingerprint density at radius 1 is 0.639 bits per heavy atom. The lowest BCUT2D eigenvalue weighted by atomic mass is 9.87. The highest BCUT2D eigenvalue weighted by Gasteiger charge is 2.23. The number of para-hydroxylation sites is 1. The molecule has 0 N–H and O–H groups in total. The van der Waals surface area contributed by atoms with Crippen molar-refractivity contribution in [1.29, 1.82) is 0 Å². The van der Waals surface area contributed by atoms with Gasteiger partial charge in [-0.15, -0.1) is 0 Å². The molecule has 0 aliphatic heterocycles. The minimum Gasteiger partial charge on any atom is -0.307 e. The van der Waals surface area contributed by atoms with Crippen LogP contribution in [0.25, 0.3) is 55.4 Å². The molecule has 0 atom stereocenters. The average molecular weight is 468 g/mol. The largest absolute Gasteiger partial charge is 0.307 e. The monoisotopic (exact) mass is 467 g/mol. The van der Waals surface area contributed by atoms with Crippen LogP contribution < -0.4 is 0 Å². The summed E-state index contributed by atoms with van der Waals surface area (Å²) in [4.78, 5) is 14.7. The van der Waals surface area contributed by atoms with E-state index in [1.807, 2.05) is 36.8 Å². The van der Waals surface area contributed by atoms with Gasteiger partial charge in [0.2, 0.25) is 0 Å². The van der Waals surface area contributed by atoms with Crippen LogP contribution in [0.3, 0.4) is 0 Å². The van der Waals surface area contributed by atoms with Gasteiger partial charge in [-0.2, -0.15) is 0 Å². The van der Waals surface area contributed by atoms with Crippen LogP contribution in [0.5, 0.6) is 0 Å². The van der Waals surface area contributed by atoms with Crippen molar-refractivity contribution in [3.8, 4) is 11.4 Å². The number of fused-ring (bicyclic) bond motifs is 7. The lowest BCUT2D eigenvalue weighted by Gasteiger charge is -2.20. The second kappa shape index (κ2) is 7.49. The maximum atomic E-state index is 5.01. The number of hydrogen-bond acceptors (Lipinski definition) is 3. The Morgan fingerprint density at radius 3 is 2.08 bits per heavy atom. The number of hydrogen-bond donors (Lipinski definition) is 0. The molecule has 0 radical (unpaired) electrons. The summed E-state index contributed by atoms with van der Waals surface area (Å²) in [7, 11) is 0. The van der Waals surface area contributed by atoms with Gasteiger partial charge in [0.15, 0.2) is 0 Å². The predicted octanol–water partition coefficient (Wildman–Crippen LogP) is 7.36. The number of nitrogens with zero attached hydrogens (tertiary/aromatic N) is 5. The smallest absolute Gasteiger partial charge is 0.149 e. The summed E-state index contributed by atoms with van der Waals surface area (Å²) in [6.45, 7) is 6.75. The maximum absolute atomic E-state index is 5.01. The molecule has 174 valence electrons.